The molecule has 10 heteroatoms. The monoisotopic (exact) mass is 471 g/mol. The number of imide groups is 1. The molecule has 3 aromatic rings. The van der Waals surface area contributed by atoms with Gasteiger partial charge in [0.1, 0.15) is 0 Å². The van der Waals surface area contributed by atoms with Crippen LogP contribution in [-0.2, 0) is 16.1 Å². The molecule has 3 heterocycles. The largest absolute Gasteiger partial charge is 0.376 e. The van der Waals surface area contributed by atoms with Gasteiger partial charge in [0.25, 0.3) is 0 Å². The first-order valence-corrected chi connectivity index (χ1v) is 12.3. The van der Waals surface area contributed by atoms with Crippen LogP contribution in [0.15, 0.2) is 40.9 Å². The number of amides is 3. The molecule has 1 aliphatic rings. The fourth-order valence-electron chi connectivity index (χ4n) is 3.47. The quantitative estimate of drug-likeness (QED) is 0.500. The molecule has 0 bridgehead atoms. The van der Waals surface area contributed by atoms with Crippen LogP contribution in [0, 0.1) is 13.8 Å². The van der Waals surface area contributed by atoms with Crippen molar-refractivity contribution >= 4 is 40.7 Å². The Hall–Kier alpha value is -2.69. The van der Waals surface area contributed by atoms with Gasteiger partial charge in [-0.25, -0.2) is 4.79 Å². The van der Waals surface area contributed by atoms with Crippen molar-refractivity contribution in [2.75, 3.05) is 17.7 Å². The minimum Gasteiger partial charge on any atom is -0.376 e. The lowest BCUT2D eigenvalue weighted by Crippen LogP contribution is -2.35. The summed E-state index contributed by atoms with van der Waals surface area (Å²) in [6, 6.07) is 9.06. The summed E-state index contributed by atoms with van der Waals surface area (Å²) in [4.78, 5) is 25.7. The summed E-state index contributed by atoms with van der Waals surface area (Å²) >= 11 is 2.85. The lowest BCUT2D eigenvalue weighted by molar-refractivity contribution is -0.117. The van der Waals surface area contributed by atoms with Gasteiger partial charge in [0, 0.05) is 12.3 Å². The highest BCUT2D eigenvalue weighted by atomic mass is 32.2. The molecule has 168 valence electrons. The predicted molar refractivity (Wildman–Crippen MR) is 126 cm³/mol. The Morgan fingerprint density at radius 1 is 1.25 bits per heavy atom. The van der Waals surface area contributed by atoms with Gasteiger partial charge in [0.2, 0.25) is 5.91 Å². The number of rotatable bonds is 7. The predicted octanol–water partition coefficient (Wildman–Crippen LogP) is 4.24. The highest BCUT2D eigenvalue weighted by Crippen LogP contribution is 2.29. The maximum atomic E-state index is 12.4. The first-order valence-electron chi connectivity index (χ1n) is 10.4. The molecule has 1 aromatic carbocycles. The van der Waals surface area contributed by atoms with Crippen molar-refractivity contribution in [3.63, 3.8) is 0 Å². The Balaban J connectivity index is 1.38. The van der Waals surface area contributed by atoms with Crippen LogP contribution in [0.5, 0.6) is 0 Å². The molecule has 32 heavy (non-hydrogen) atoms. The van der Waals surface area contributed by atoms with Crippen LogP contribution in [0.2, 0.25) is 0 Å². The van der Waals surface area contributed by atoms with Crippen molar-refractivity contribution in [3.8, 4) is 10.7 Å². The molecular formula is C22H25N5O3S2. The summed E-state index contributed by atoms with van der Waals surface area (Å²) in [5, 5.41) is 16.4. The summed E-state index contributed by atoms with van der Waals surface area (Å²) in [7, 11) is 0. The second-order valence-electron chi connectivity index (χ2n) is 7.57. The second-order valence-corrected chi connectivity index (χ2v) is 9.46. The fraction of sp³-hybridized carbons (Fsp3) is 0.364. The van der Waals surface area contributed by atoms with Gasteiger partial charge < -0.3 is 10.1 Å². The Bertz CT molecular complexity index is 1090. The number of aromatic nitrogens is 3. The molecule has 0 saturated carbocycles. The highest BCUT2D eigenvalue weighted by molar-refractivity contribution is 7.99. The number of nitrogens with zero attached hydrogens (tertiary/aromatic N) is 3. The first kappa shape index (κ1) is 22.5. The van der Waals surface area contributed by atoms with E-state index in [9.17, 15) is 9.59 Å². The van der Waals surface area contributed by atoms with Crippen LogP contribution in [0.3, 0.4) is 0 Å². The number of hydrogen-bond donors (Lipinski definition) is 2. The summed E-state index contributed by atoms with van der Waals surface area (Å²) in [6.45, 7) is 5.30. The van der Waals surface area contributed by atoms with Gasteiger partial charge in [0.15, 0.2) is 11.0 Å². The number of urea groups is 1. The van der Waals surface area contributed by atoms with E-state index in [2.05, 4.69) is 20.8 Å². The third kappa shape index (κ3) is 5.37. The number of anilines is 1. The minimum atomic E-state index is -0.551. The van der Waals surface area contributed by atoms with E-state index in [0.717, 1.165) is 41.3 Å². The zero-order chi connectivity index (χ0) is 22.5. The third-order valence-corrected chi connectivity index (χ3v) is 7.14. The fourth-order valence-corrected chi connectivity index (χ4v) is 4.94. The number of ether oxygens (including phenoxy) is 1. The van der Waals surface area contributed by atoms with Crippen LogP contribution in [0.1, 0.15) is 24.0 Å². The Morgan fingerprint density at radius 2 is 2.12 bits per heavy atom. The van der Waals surface area contributed by atoms with Crippen LogP contribution in [0.25, 0.3) is 10.7 Å². The number of aryl methyl sites for hydroxylation is 1. The number of hydrogen-bond acceptors (Lipinski definition) is 7. The lowest BCUT2D eigenvalue weighted by atomic mass is 10.1. The molecule has 2 aromatic heterocycles. The zero-order valence-corrected chi connectivity index (χ0v) is 19.6. The number of nitrogens with one attached hydrogen (secondary N) is 2. The van der Waals surface area contributed by atoms with Crippen molar-refractivity contribution in [2.24, 2.45) is 0 Å². The molecule has 0 aliphatic carbocycles. The molecular weight excluding hydrogens is 446 g/mol. The Kier molecular flexibility index (Phi) is 7.23. The molecule has 0 spiro atoms. The summed E-state index contributed by atoms with van der Waals surface area (Å²) in [6.07, 6.45) is 2.15. The highest BCUT2D eigenvalue weighted by Gasteiger charge is 2.23. The first-order chi connectivity index (χ1) is 15.5. The van der Waals surface area contributed by atoms with Gasteiger partial charge in [-0.1, -0.05) is 30.0 Å². The van der Waals surface area contributed by atoms with E-state index in [0.29, 0.717) is 17.4 Å². The minimum absolute atomic E-state index is 0.0499. The summed E-state index contributed by atoms with van der Waals surface area (Å²) in [5.74, 6) is 0.419. The van der Waals surface area contributed by atoms with Gasteiger partial charge in [-0.15, -0.1) is 21.5 Å². The Morgan fingerprint density at radius 3 is 2.88 bits per heavy atom. The van der Waals surface area contributed by atoms with Gasteiger partial charge in [-0.05, 0) is 55.3 Å². The van der Waals surface area contributed by atoms with Gasteiger partial charge in [0.05, 0.1) is 23.3 Å². The number of thiophene rings is 1. The number of carbonyl (C=O) groups excluding carboxylic acids is 2. The summed E-state index contributed by atoms with van der Waals surface area (Å²) < 4.78 is 7.80. The smallest absolute Gasteiger partial charge is 0.325 e. The van der Waals surface area contributed by atoms with Crippen molar-refractivity contribution in [2.45, 2.75) is 44.5 Å². The SMILES string of the molecule is Cc1cccc(NC(=O)NC(=O)CSc2nnc(-c3cccs3)n2CC2CCCO2)c1C. The average Bonchev–Trinajstić information content (AvgIpc) is 3.52. The molecule has 8 nitrogen and oxygen atoms in total. The van der Waals surface area contributed by atoms with E-state index < -0.39 is 11.9 Å². The van der Waals surface area contributed by atoms with Gasteiger partial charge in [-0.3, -0.25) is 14.7 Å². The molecule has 1 saturated heterocycles. The van der Waals surface area contributed by atoms with Crippen molar-refractivity contribution in [3.05, 3.63) is 46.8 Å². The maximum Gasteiger partial charge on any atom is 0.325 e. The molecule has 2 N–H and O–H groups in total. The number of benzene rings is 1. The normalized spacial score (nSPS) is 15.6. The van der Waals surface area contributed by atoms with E-state index in [1.807, 2.05) is 48.1 Å². The van der Waals surface area contributed by atoms with Crippen molar-refractivity contribution in [1.29, 1.82) is 0 Å². The van der Waals surface area contributed by atoms with E-state index in [1.54, 1.807) is 17.4 Å². The standard InChI is InChI=1S/C22H25N5O3S2/c1-14-6-3-8-17(15(14)2)23-21(29)24-19(28)13-32-22-26-25-20(18-9-5-11-31-18)27(22)12-16-7-4-10-30-16/h3,5-6,8-9,11,16H,4,7,10,12-13H2,1-2H3,(H2,23,24,28,29). The molecule has 1 atom stereocenters. The van der Waals surface area contributed by atoms with Crippen molar-refractivity contribution in [1.82, 2.24) is 20.1 Å². The topological polar surface area (TPSA) is 98.1 Å². The molecule has 3 amide bonds. The van der Waals surface area contributed by atoms with Crippen molar-refractivity contribution < 1.29 is 14.3 Å². The number of thioether (sulfide) groups is 1. The second kappa shape index (κ2) is 10.3. The lowest BCUT2D eigenvalue weighted by Gasteiger charge is -2.14. The molecule has 1 fully saturated rings. The van der Waals surface area contributed by atoms with Crippen LogP contribution in [-0.4, -0.2) is 45.2 Å². The van der Waals surface area contributed by atoms with Crippen LogP contribution >= 0.6 is 23.1 Å². The van der Waals surface area contributed by atoms with E-state index in [1.165, 1.54) is 11.8 Å². The van der Waals surface area contributed by atoms with E-state index >= 15 is 0 Å². The zero-order valence-electron chi connectivity index (χ0n) is 18.0. The molecule has 1 aliphatic heterocycles. The molecule has 0 radical (unpaired) electrons. The van der Waals surface area contributed by atoms with Crippen LogP contribution < -0.4 is 10.6 Å². The maximum absolute atomic E-state index is 12.4. The van der Waals surface area contributed by atoms with E-state index in [-0.39, 0.29) is 11.9 Å². The number of carbonyl (C=O) groups is 2. The van der Waals surface area contributed by atoms with Gasteiger partial charge in [-0.2, -0.15) is 0 Å². The third-order valence-electron chi connectivity index (χ3n) is 5.31. The Labute approximate surface area is 194 Å². The van der Waals surface area contributed by atoms with Gasteiger partial charge >= 0.3 is 6.03 Å². The molecule has 1 unspecified atom stereocenters. The average molecular weight is 472 g/mol. The molecule has 4 rings (SSSR count). The summed E-state index contributed by atoms with van der Waals surface area (Å²) in [5.41, 5.74) is 2.71. The van der Waals surface area contributed by atoms with Crippen LogP contribution in [0.4, 0.5) is 10.5 Å². The van der Waals surface area contributed by atoms with E-state index in [4.69, 9.17) is 4.74 Å².